The number of rotatable bonds is 7. The van der Waals surface area contributed by atoms with Gasteiger partial charge >= 0.3 is 6.09 Å². The van der Waals surface area contributed by atoms with Crippen molar-refractivity contribution in [2.75, 3.05) is 12.4 Å². The van der Waals surface area contributed by atoms with Crippen LogP contribution in [0.25, 0.3) is 0 Å². The van der Waals surface area contributed by atoms with E-state index in [1.165, 1.54) is 31.2 Å². The van der Waals surface area contributed by atoms with Gasteiger partial charge in [0.25, 0.3) is 0 Å². The third-order valence-electron chi connectivity index (χ3n) is 1.53. The summed E-state index contributed by atoms with van der Waals surface area (Å²) in [5.74, 6) is 0.971. The van der Waals surface area contributed by atoms with Crippen molar-refractivity contribution in [1.82, 2.24) is 4.72 Å². The Balaban J connectivity index is 3.02. The summed E-state index contributed by atoms with van der Waals surface area (Å²) in [7, 11) is 0. The van der Waals surface area contributed by atoms with Gasteiger partial charge in [-0.2, -0.15) is 0 Å². The van der Waals surface area contributed by atoms with E-state index < -0.39 is 0 Å². The van der Waals surface area contributed by atoms with E-state index in [1.54, 1.807) is 6.92 Å². The van der Waals surface area contributed by atoms with E-state index in [2.05, 4.69) is 11.6 Å². The van der Waals surface area contributed by atoms with Crippen LogP contribution >= 0.6 is 11.9 Å². The molecule has 0 aromatic heterocycles. The van der Waals surface area contributed by atoms with E-state index in [9.17, 15) is 4.79 Å². The van der Waals surface area contributed by atoms with Crippen molar-refractivity contribution >= 4 is 18.0 Å². The molecular formula is C9H19NO2S. The lowest BCUT2D eigenvalue weighted by atomic mass is 10.2. The van der Waals surface area contributed by atoms with Crippen LogP contribution < -0.4 is 4.72 Å². The van der Waals surface area contributed by atoms with Gasteiger partial charge in [0.1, 0.15) is 0 Å². The zero-order valence-electron chi connectivity index (χ0n) is 8.47. The van der Waals surface area contributed by atoms with Gasteiger partial charge in [0, 0.05) is 5.75 Å². The van der Waals surface area contributed by atoms with Gasteiger partial charge in [-0.1, -0.05) is 26.2 Å². The van der Waals surface area contributed by atoms with Crippen LogP contribution in [0.15, 0.2) is 0 Å². The minimum atomic E-state index is -0.331. The summed E-state index contributed by atoms with van der Waals surface area (Å²) in [6.45, 7) is 4.41. The van der Waals surface area contributed by atoms with E-state index in [1.807, 2.05) is 0 Å². The van der Waals surface area contributed by atoms with Crippen LogP contribution in [0.1, 0.15) is 39.5 Å². The van der Waals surface area contributed by atoms with Crippen molar-refractivity contribution in [2.24, 2.45) is 0 Å². The van der Waals surface area contributed by atoms with Gasteiger partial charge in [-0.15, -0.1) is 0 Å². The van der Waals surface area contributed by atoms with E-state index >= 15 is 0 Å². The molecule has 78 valence electrons. The molecule has 4 heteroatoms. The first kappa shape index (κ1) is 12.6. The minimum Gasteiger partial charge on any atom is -0.449 e. The monoisotopic (exact) mass is 205 g/mol. The molecule has 0 saturated heterocycles. The van der Waals surface area contributed by atoms with Gasteiger partial charge in [-0.3, -0.25) is 4.72 Å². The van der Waals surface area contributed by atoms with Gasteiger partial charge in [-0.25, -0.2) is 4.79 Å². The van der Waals surface area contributed by atoms with Gasteiger partial charge in [0.2, 0.25) is 0 Å². The van der Waals surface area contributed by atoms with Gasteiger partial charge in [0.05, 0.1) is 6.61 Å². The van der Waals surface area contributed by atoms with Crippen LogP contribution in [-0.4, -0.2) is 18.5 Å². The fourth-order valence-corrected chi connectivity index (χ4v) is 1.50. The van der Waals surface area contributed by atoms with Crippen LogP contribution in [-0.2, 0) is 4.74 Å². The smallest absolute Gasteiger partial charge is 0.417 e. The van der Waals surface area contributed by atoms with E-state index in [-0.39, 0.29) is 6.09 Å². The van der Waals surface area contributed by atoms with Crippen LogP contribution in [0.4, 0.5) is 4.79 Å². The van der Waals surface area contributed by atoms with E-state index in [4.69, 9.17) is 4.74 Å². The Hall–Kier alpha value is -0.380. The molecule has 0 aromatic rings. The molecule has 0 unspecified atom stereocenters. The number of carbonyl (C=O) groups is 1. The molecule has 0 saturated carbocycles. The Morgan fingerprint density at radius 1 is 1.31 bits per heavy atom. The number of ether oxygens (including phenoxy) is 1. The highest BCUT2D eigenvalue weighted by molar-refractivity contribution is 7.97. The summed E-state index contributed by atoms with van der Waals surface area (Å²) in [5, 5.41) is 0. The van der Waals surface area contributed by atoms with Gasteiger partial charge in [-0.05, 0) is 25.3 Å². The number of carbonyl (C=O) groups excluding carboxylic acids is 1. The molecule has 13 heavy (non-hydrogen) atoms. The number of hydrogen-bond acceptors (Lipinski definition) is 3. The number of hydrogen-bond donors (Lipinski definition) is 1. The first-order valence-electron chi connectivity index (χ1n) is 4.85. The quantitative estimate of drug-likeness (QED) is 0.513. The lowest BCUT2D eigenvalue weighted by Gasteiger charge is -2.03. The third kappa shape index (κ3) is 9.53. The van der Waals surface area contributed by atoms with Crippen molar-refractivity contribution in [1.29, 1.82) is 0 Å². The number of nitrogens with one attached hydrogen (secondary N) is 1. The molecule has 0 atom stereocenters. The molecule has 0 aliphatic carbocycles. The molecule has 0 aliphatic rings. The highest BCUT2D eigenvalue weighted by Gasteiger charge is 1.98. The topological polar surface area (TPSA) is 38.3 Å². The first-order chi connectivity index (χ1) is 6.31. The Morgan fingerprint density at radius 2 is 2.08 bits per heavy atom. The second-order valence-corrected chi connectivity index (χ2v) is 3.63. The van der Waals surface area contributed by atoms with Crippen LogP contribution in [0.3, 0.4) is 0 Å². The first-order valence-corrected chi connectivity index (χ1v) is 5.84. The Labute approximate surface area is 84.7 Å². The van der Waals surface area contributed by atoms with Crippen LogP contribution in [0.5, 0.6) is 0 Å². The number of unbranched alkanes of at least 4 members (excludes halogenated alkanes) is 3. The second kappa shape index (κ2) is 9.71. The maximum atomic E-state index is 10.8. The van der Waals surface area contributed by atoms with E-state index in [0.29, 0.717) is 6.61 Å². The van der Waals surface area contributed by atoms with Crippen LogP contribution in [0, 0.1) is 0 Å². The molecular weight excluding hydrogens is 186 g/mol. The lowest BCUT2D eigenvalue weighted by Crippen LogP contribution is -2.17. The van der Waals surface area contributed by atoms with Gasteiger partial charge < -0.3 is 4.74 Å². The third-order valence-corrected chi connectivity index (χ3v) is 2.33. The fraction of sp³-hybridized carbons (Fsp3) is 0.889. The molecule has 1 amide bonds. The Bertz CT molecular complexity index is 131. The fourth-order valence-electron chi connectivity index (χ4n) is 0.872. The summed E-state index contributed by atoms with van der Waals surface area (Å²) in [6.07, 6.45) is 4.59. The zero-order valence-corrected chi connectivity index (χ0v) is 9.28. The van der Waals surface area contributed by atoms with Crippen molar-refractivity contribution < 1.29 is 9.53 Å². The van der Waals surface area contributed by atoms with Crippen molar-refractivity contribution in [3.8, 4) is 0 Å². The molecule has 0 radical (unpaired) electrons. The predicted molar refractivity (Wildman–Crippen MR) is 56.8 cm³/mol. The molecule has 0 aliphatic heterocycles. The lowest BCUT2D eigenvalue weighted by molar-refractivity contribution is 0.159. The number of amides is 1. The summed E-state index contributed by atoms with van der Waals surface area (Å²) < 4.78 is 7.31. The largest absolute Gasteiger partial charge is 0.449 e. The molecule has 0 bridgehead atoms. The molecule has 1 N–H and O–H groups in total. The maximum absolute atomic E-state index is 10.8. The Morgan fingerprint density at radius 3 is 2.69 bits per heavy atom. The highest BCUT2D eigenvalue weighted by Crippen LogP contribution is 2.04. The summed E-state index contributed by atoms with van der Waals surface area (Å²) in [5.41, 5.74) is 0. The summed E-state index contributed by atoms with van der Waals surface area (Å²) in [6, 6.07) is 0. The predicted octanol–water partition coefficient (Wildman–Crippen LogP) is 2.96. The molecule has 0 fully saturated rings. The average molecular weight is 205 g/mol. The van der Waals surface area contributed by atoms with Crippen molar-refractivity contribution in [3.05, 3.63) is 0 Å². The van der Waals surface area contributed by atoms with Crippen molar-refractivity contribution in [2.45, 2.75) is 39.5 Å². The molecule has 0 aromatic carbocycles. The maximum Gasteiger partial charge on any atom is 0.417 e. The minimum absolute atomic E-state index is 0.331. The average Bonchev–Trinajstić information content (AvgIpc) is 2.11. The highest BCUT2D eigenvalue weighted by atomic mass is 32.2. The van der Waals surface area contributed by atoms with E-state index in [0.717, 1.165) is 12.2 Å². The molecule has 3 nitrogen and oxygen atoms in total. The molecule has 0 rings (SSSR count). The molecule has 0 spiro atoms. The summed E-state index contributed by atoms with van der Waals surface area (Å²) >= 11 is 1.43. The second-order valence-electron chi connectivity index (χ2n) is 2.73. The van der Waals surface area contributed by atoms with Crippen molar-refractivity contribution in [3.63, 3.8) is 0 Å². The molecule has 0 heterocycles. The normalized spacial score (nSPS) is 9.69. The standard InChI is InChI=1S/C9H19NO2S/c1-3-5-6-7-8-13-10-9(11)12-4-2/h3-8H2,1-2H3,(H,10,11). The Kier molecular flexibility index (Phi) is 9.42. The van der Waals surface area contributed by atoms with Crippen LogP contribution in [0.2, 0.25) is 0 Å². The summed E-state index contributed by atoms with van der Waals surface area (Å²) in [4.78, 5) is 10.8. The van der Waals surface area contributed by atoms with Gasteiger partial charge in [0.15, 0.2) is 0 Å². The SMILES string of the molecule is CCCCCCSNC(=O)OCC. The zero-order chi connectivity index (χ0) is 9.94.